The van der Waals surface area contributed by atoms with Gasteiger partial charge < -0.3 is 15.4 Å². The minimum atomic E-state index is -0.103. The van der Waals surface area contributed by atoms with E-state index in [1.807, 2.05) is 6.92 Å². The molecule has 1 aromatic heterocycles. The molecule has 6 heteroatoms. The van der Waals surface area contributed by atoms with Crippen molar-refractivity contribution in [3.8, 4) is 5.75 Å². The van der Waals surface area contributed by atoms with E-state index >= 15 is 0 Å². The second-order valence-corrected chi connectivity index (χ2v) is 7.24. The lowest BCUT2D eigenvalue weighted by atomic mass is 10.1. The molecule has 3 rings (SSSR count). The molecular weight excluding hydrogens is 364 g/mol. The molecule has 22 heavy (non-hydrogen) atoms. The van der Waals surface area contributed by atoms with Gasteiger partial charge in [-0.1, -0.05) is 18.2 Å². The number of hydrogen-bond donors (Lipinski definition) is 2. The molecule has 1 amide bonds. The van der Waals surface area contributed by atoms with Crippen molar-refractivity contribution >= 4 is 33.2 Å². The molecule has 0 atom stereocenters. The molecule has 0 saturated heterocycles. The zero-order valence-corrected chi connectivity index (χ0v) is 14.9. The van der Waals surface area contributed by atoms with Gasteiger partial charge in [0.05, 0.1) is 11.6 Å². The minimum absolute atomic E-state index is 0.103. The summed E-state index contributed by atoms with van der Waals surface area (Å²) in [6.07, 6.45) is 0. The molecule has 2 heterocycles. The Morgan fingerprint density at radius 1 is 1.41 bits per heavy atom. The van der Waals surface area contributed by atoms with Crippen LogP contribution in [0.25, 0.3) is 0 Å². The molecule has 1 aliphatic heterocycles. The summed E-state index contributed by atoms with van der Waals surface area (Å²) in [5.74, 6) is 0.507. The van der Waals surface area contributed by atoms with E-state index < -0.39 is 0 Å². The number of carbonyl (C=O) groups is 1. The highest BCUT2D eigenvalue weighted by atomic mass is 79.9. The summed E-state index contributed by atoms with van der Waals surface area (Å²) in [5.41, 5.74) is 3.77. The first-order valence-electron chi connectivity index (χ1n) is 7.02. The van der Waals surface area contributed by atoms with E-state index in [0.29, 0.717) is 17.2 Å². The van der Waals surface area contributed by atoms with Crippen molar-refractivity contribution in [3.63, 3.8) is 0 Å². The molecule has 0 unspecified atom stereocenters. The second kappa shape index (κ2) is 6.40. The van der Waals surface area contributed by atoms with Gasteiger partial charge >= 0.3 is 0 Å². The van der Waals surface area contributed by atoms with Gasteiger partial charge in [-0.3, -0.25) is 4.79 Å². The summed E-state index contributed by atoms with van der Waals surface area (Å²) in [6.45, 7) is 4.31. The smallest absolute Gasteiger partial charge is 0.265 e. The maximum Gasteiger partial charge on any atom is 0.265 e. The van der Waals surface area contributed by atoms with Crippen molar-refractivity contribution in [1.29, 1.82) is 0 Å². The number of ether oxygens (including phenoxy) is 1. The highest BCUT2D eigenvalue weighted by Gasteiger charge is 2.20. The molecule has 0 aliphatic carbocycles. The lowest BCUT2D eigenvalue weighted by Crippen LogP contribution is -2.22. The van der Waals surface area contributed by atoms with Crippen LogP contribution < -0.4 is 15.4 Å². The van der Waals surface area contributed by atoms with Gasteiger partial charge in [0.15, 0.2) is 5.75 Å². The maximum absolute atomic E-state index is 12.4. The van der Waals surface area contributed by atoms with Crippen LogP contribution in [0.2, 0.25) is 0 Å². The number of thiophene rings is 1. The van der Waals surface area contributed by atoms with E-state index in [1.165, 1.54) is 22.5 Å². The summed E-state index contributed by atoms with van der Waals surface area (Å²) in [5, 5.41) is 6.29. The number of aryl methyl sites for hydroxylation is 1. The van der Waals surface area contributed by atoms with Gasteiger partial charge in [-0.2, -0.15) is 0 Å². The fraction of sp³-hybridized carbons (Fsp3) is 0.312. The van der Waals surface area contributed by atoms with Crippen LogP contribution >= 0.6 is 27.3 Å². The molecule has 0 radical (unpaired) electrons. The van der Waals surface area contributed by atoms with Gasteiger partial charge in [0.2, 0.25) is 0 Å². The number of benzene rings is 1. The first kappa shape index (κ1) is 15.5. The standard InChI is InChI=1S/C16H17BrN2O2S/c1-9-13(17)14(21-2)15(22-9)16(20)19-6-10-3-4-11-7-18-8-12(11)5-10/h3-5,18H,6-8H2,1-2H3,(H,19,20). The van der Waals surface area contributed by atoms with Crippen molar-refractivity contribution in [2.75, 3.05) is 7.11 Å². The number of rotatable bonds is 4. The van der Waals surface area contributed by atoms with Crippen LogP contribution in [0.1, 0.15) is 31.2 Å². The molecule has 0 fully saturated rings. The largest absolute Gasteiger partial charge is 0.494 e. The molecule has 2 aromatic rings. The third-order valence-corrected chi connectivity index (χ3v) is 6.04. The van der Waals surface area contributed by atoms with E-state index in [0.717, 1.165) is 28.0 Å². The SMILES string of the molecule is COc1c(C(=O)NCc2ccc3c(c2)CNC3)sc(C)c1Br. The maximum atomic E-state index is 12.4. The van der Waals surface area contributed by atoms with E-state index in [9.17, 15) is 4.79 Å². The third-order valence-electron chi connectivity index (χ3n) is 3.73. The Morgan fingerprint density at radius 3 is 2.95 bits per heavy atom. The molecule has 1 aromatic carbocycles. The van der Waals surface area contributed by atoms with Crippen molar-refractivity contribution in [1.82, 2.24) is 10.6 Å². The average Bonchev–Trinajstić information content (AvgIpc) is 3.09. The molecule has 1 aliphatic rings. The Bertz CT molecular complexity index is 727. The second-order valence-electron chi connectivity index (χ2n) is 5.22. The van der Waals surface area contributed by atoms with Crippen LogP contribution in [0.15, 0.2) is 22.7 Å². The molecule has 4 nitrogen and oxygen atoms in total. The molecular formula is C16H17BrN2O2S. The van der Waals surface area contributed by atoms with Gasteiger partial charge in [-0.05, 0) is 39.5 Å². The quantitative estimate of drug-likeness (QED) is 0.854. The van der Waals surface area contributed by atoms with Gasteiger partial charge in [0, 0.05) is 24.5 Å². The zero-order chi connectivity index (χ0) is 15.7. The first-order chi connectivity index (χ1) is 10.6. The van der Waals surface area contributed by atoms with Gasteiger partial charge in [-0.15, -0.1) is 11.3 Å². The zero-order valence-electron chi connectivity index (χ0n) is 12.5. The van der Waals surface area contributed by atoms with E-state index in [-0.39, 0.29) is 5.91 Å². The number of fused-ring (bicyclic) bond motifs is 1. The Morgan fingerprint density at radius 2 is 2.18 bits per heavy atom. The van der Waals surface area contributed by atoms with Crippen LogP contribution in [0, 0.1) is 6.92 Å². The van der Waals surface area contributed by atoms with Gasteiger partial charge in [0.25, 0.3) is 5.91 Å². The van der Waals surface area contributed by atoms with Gasteiger partial charge in [-0.25, -0.2) is 0 Å². The van der Waals surface area contributed by atoms with Crippen LogP contribution in [-0.4, -0.2) is 13.0 Å². The Labute approximate surface area is 142 Å². The number of halogens is 1. The summed E-state index contributed by atoms with van der Waals surface area (Å²) < 4.78 is 6.18. The van der Waals surface area contributed by atoms with Crippen LogP contribution in [0.4, 0.5) is 0 Å². The first-order valence-corrected chi connectivity index (χ1v) is 8.63. The predicted molar refractivity (Wildman–Crippen MR) is 91.5 cm³/mol. The average molecular weight is 381 g/mol. The monoisotopic (exact) mass is 380 g/mol. The summed E-state index contributed by atoms with van der Waals surface area (Å²) in [6, 6.07) is 6.35. The number of nitrogens with one attached hydrogen (secondary N) is 2. The van der Waals surface area contributed by atoms with E-state index in [4.69, 9.17) is 4.74 Å². The third kappa shape index (κ3) is 2.91. The van der Waals surface area contributed by atoms with Crippen LogP contribution in [0.3, 0.4) is 0 Å². The van der Waals surface area contributed by atoms with Crippen molar-refractivity contribution in [3.05, 3.63) is 49.1 Å². The van der Waals surface area contributed by atoms with Crippen LogP contribution in [-0.2, 0) is 19.6 Å². The number of carbonyl (C=O) groups excluding carboxylic acids is 1. The molecule has 116 valence electrons. The number of methoxy groups -OCH3 is 1. The topological polar surface area (TPSA) is 50.4 Å². The summed E-state index contributed by atoms with van der Waals surface area (Å²) in [4.78, 5) is 14.0. The Kier molecular flexibility index (Phi) is 4.52. The van der Waals surface area contributed by atoms with Crippen LogP contribution in [0.5, 0.6) is 5.75 Å². The fourth-order valence-corrected chi connectivity index (χ4v) is 4.22. The summed E-state index contributed by atoms with van der Waals surface area (Å²) >= 11 is 4.89. The van der Waals surface area contributed by atoms with Crippen molar-refractivity contribution in [2.45, 2.75) is 26.6 Å². The highest BCUT2D eigenvalue weighted by Crippen LogP contribution is 2.39. The minimum Gasteiger partial charge on any atom is -0.494 e. The Balaban J connectivity index is 1.71. The van der Waals surface area contributed by atoms with Crippen molar-refractivity contribution in [2.24, 2.45) is 0 Å². The predicted octanol–water partition coefficient (Wildman–Crippen LogP) is 3.36. The fourth-order valence-electron chi connectivity index (χ4n) is 2.56. The van der Waals surface area contributed by atoms with Crippen molar-refractivity contribution < 1.29 is 9.53 Å². The lowest BCUT2D eigenvalue weighted by molar-refractivity contribution is 0.0952. The molecule has 0 saturated carbocycles. The molecule has 0 spiro atoms. The molecule has 0 bridgehead atoms. The Hall–Kier alpha value is -1.37. The number of hydrogen-bond acceptors (Lipinski definition) is 4. The van der Waals surface area contributed by atoms with E-state index in [1.54, 1.807) is 7.11 Å². The normalized spacial score (nSPS) is 13.0. The lowest BCUT2D eigenvalue weighted by Gasteiger charge is -2.07. The molecule has 2 N–H and O–H groups in total. The summed E-state index contributed by atoms with van der Waals surface area (Å²) in [7, 11) is 1.58. The van der Waals surface area contributed by atoms with E-state index in [2.05, 4.69) is 44.8 Å². The number of amides is 1. The highest BCUT2D eigenvalue weighted by molar-refractivity contribution is 9.10. The van der Waals surface area contributed by atoms with Gasteiger partial charge in [0.1, 0.15) is 4.88 Å².